The fraction of sp³-hybridized carbons (Fsp3) is 0.440. The largest absolute Gasteiger partial charge is 0.492 e. The van der Waals surface area contributed by atoms with Crippen LogP contribution in [0.5, 0.6) is 5.75 Å². The van der Waals surface area contributed by atoms with Crippen LogP contribution in [-0.4, -0.2) is 121 Å². The number of carbonyl (C=O) groups is 3. The molecule has 0 atom stereocenters. The number of carbonyl (C=O) groups excluding carboxylic acids is 3. The number of likely N-dealkylation sites (tertiary alicyclic amines) is 1. The molecule has 346 valence electrons. The van der Waals surface area contributed by atoms with Gasteiger partial charge in [-0.3, -0.25) is 14.5 Å². The molecule has 3 heterocycles. The Morgan fingerprint density at radius 1 is 0.831 bits per heavy atom. The number of fused-ring (bicyclic) bond motifs is 1. The topological polar surface area (TPSA) is 120 Å². The number of rotatable bonds is 20. The molecule has 0 saturated carbocycles. The first kappa shape index (κ1) is 48.2. The van der Waals surface area contributed by atoms with E-state index in [4.69, 9.17) is 32.7 Å². The van der Waals surface area contributed by atoms with E-state index >= 15 is 0 Å². The summed E-state index contributed by atoms with van der Waals surface area (Å²) < 4.78 is 11.4. The summed E-state index contributed by atoms with van der Waals surface area (Å²) in [5.41, 5.74) is 4.31. The number of piperidine rings is 1. The van der Waals surface area contributed by atoms with Crippen LogP contribution >= 0.6 is 34.5 Å². The zero-order chi connectivity index (χ0) is 45.5. The quantitative estimate of drug-likeness (QED) is 0.0736. The standard InChI is InChI=1S/C50H61Cl2N7O5S/c1-3-5-19-56-20-16-42(17-21-56)59(50(62)55-40-14-15-44(51)45(52)31-40)34-37-9-6-8-36(29-37)33-53-47(60)18-22-57-23-25-58(26-24-57)27-28-64-46-11-7-10-38-12-13-39(30-43(38)46)49-54-41(35-65-49)32-48(61)63-4-2/h6-15,29-31,35,42H,3-5,16-28,32-34H2,1-2H3,(H,53,60)(H,55,62). The highest BCUT2D eigenvalue weighted by atomic mass is 35.5. The predicted octanol–water partition coefficient (Wildman–Crippen LogP) is 9.38. The maximum atomic E-state index is 13.9. The molecular formula is C50H61Cl2N7O5S. The number of piperazine rings is 1. The summed E-state index contributed by atoms with van der Waals surface area (Å²) in [5.74, 6) is 0.589. The Kier molecular flexibility index (Phi) is 17.9. The molecule has 4 aromatic carbocycles. The molecule has 1 aromatic heterocycles. The molecule has 0 aliphatic carbocycles. The van der Waals surface area contributed by atoms with E-state index in [-0.39, 0.29) is 30.4 Å². The molecule has 12 nitrogen and oxygen atoms in total. The van der Waals surface area contributed by atoms with Crippen molar-refractivity contribution in [3.8, 4) is 16.3 Å². The summed E-state index contributed by atoms with van der Waals surface area (Å²) >= 11 is 13.9. The van der Waals surface area contributed by atoms with Gasteiger partial charge in [0, 0.05) is 99.9 Å². The number of unbranched alkanes of at least 4 members (excludes halogenated alkanes) is 1. The van der Waals surface area contributed by atoms with Crippen molar-refractivity contribution >= 4 is 68.9 Å². The van der Waals surface area contributed by atoms with Gasteiger partial charge in [-0.05, 0) is 79.6 Å². The molecule has 0 bridgehead atoms. The van der Waals surface area contributed by atoms with Gasteiger partial charge in [-0.25, -0.2) is 9.78 Å². The lowest BCUT2D eigenvalue weighted by atomic mass is 10.0. The predicted molar refractivity (Wildman–Crippen MR) is 262 cm³/mol. The zero-order valence-corrected chi connectivity index (χ0v) is 39.9. The first-order valence-electron chi connectivity index (χ1n) is 22.9. The van der Waals surface area contributed by atoms with Crippen LogP contribution in [0.2, 0.25) is 10.0 Å². The van der Waals surface area contributed by atoms with Crippen molar-refractivity contribution < 1.29 is 23.9 Å². The molecule has 5 aromatic rings. The second kappa shape index (κ2) is 24.1. The van der Waals surface area contributed by atoms with Gasteiger partial charge in [-0.2, -0.15) is 0 Å². The van der Waals surface area contributed by atoms with Crippen LogP contribution in [0.1, 0.15) is 62.8 Å². The van der Waals surface area contributed by atoms with Gasteiger partial charge in [-0.1, -0.05) is 85.1 Å². The first-order chi connectivity index (χ1) is 31.6. The Balaban J connectivity index is 0.841. The lowest BCUT2D eigenvalue weighted by Gasteiger charge is -2.38. The first-order valence-corrected chi connectivity index (χ1v) is 24.6. The second-order valence-electron chi connectivity index (χ2n) is 16.8. The van der Waals surface area contributed by atoms with Crippen molar-refractivity contribution in [3.05, 3.63) is 111 Å². The lowest BCUT2D eigenvalue weighted by molar-refractivity contribution is -0.142. The molecule has 2 fully saturated rings. The number of amides is 3. The number of hydrogen-bond donors (Lipinski definition) is 2. The fourth-order valence-electron chi connectivity index (χ4n) is 8.46. The number of anilines is 1. The minimum Gasteiger partial charge on any atom is -0.492 e. The number of hydrogen-bond acceptors (Lipinski definition) is 10. The van der Waals surface area contributed by atoms with Crippen molar-refractivity contribution in [2.45, 2.75) is 71.5 Å². The van der Waals surface area contributed by atoms with Crippen molar-refractivity contribution in [2.75, 3.05) is 77.4 Å². The number of thiazole rings is 1. The third-order valence-electron chi connectivity index (χ3n) is 12.1. The van der Waals surface area contributed by atoms with Gasteiger partial charge >= 0.3 is 12.0 Å². The van der Waals surface area contributed by atoms with E-state index in [1.165, 1.54) is 24.2 Å². The van der Waals surface area contributed by atoms with Gasteiger partial charge in [0.05, 0.1) is 28.8 Å². The summed E-state index contributed by atoms with van der Waals surface area (Å²) in [4.78, 5) is 52.8. The third-order valence-corrected chi connectivity index (χ3v) is 13.8. The summed E-state index contributed by atoms with van der Waals surface area (Å²) in [7, 11) is 0. The van der Waals surface area contributed by atoms with Crippen LogP contribution in [0.25, 0.3) is 21.3 Å². The van der Waals surface area contributed by atoms with Crippen molar-refractivity contribution in [1.29, 1.82) is 0 Å². The molecule has 2 aliphatic rings. The fourth-order valence-corrected chi connectivity index (χ4v) is 9.58. The number of nitrogens with one attached hydrogen (secondary N) is 2. The van der Waals surface area contributed by atoms with E-state index in [1.807, 2.05) is 40.6 Å². The zero-order valence-electron chi connectivity index (χ0n) is 37.5. The maximum absolute atomic E-state index is 13.9. The number of benzene rings is 4. The highest BCUT2D eigenvalue weighted by Crippen LogP contribution is 2.33. The molecule has 2 N–H and O–H groups in total. The Labute approximate surface area is 397 Å². The Morgan fingerprint density at radius 3 is 2.35 bits per heavy atom. The molecule has 0 unspecified atom stereocenters. The van der Waals surface area contributed by atoms with E-state index in [0.29, 0.717) is 60.7 Å². The number of aromatic nitrogens is 1. The second-order valence-corrected chi connectivity index (χ2v) is 18.5. The third kappa shape index (κ3) is 14.1. The Bertz CT molecular complexity index is 2370. The summed E-state index contributed by atoms with van der Waals surface area (Å²) in [5, 5.41) is 11.9. The van der Waals surface area contributed by atoms with Crippen LogP contribution in [-0.2, 0) is 33.8 Å². The SMILES string of the molecule is CCCCN1CCC(N(Cc2cccc(CNC(=O)CCN3CCN(CCOc4cccc5ccc(-c6nc(CC(=O)OCC)cs6)cc45)CC3)c2)C(=O)Nc2ccc(Cl)c(Cl)c2)CC1. The van der Waals surface area contributed by atoms with Crippen molar-refractivity contribution in [1.82, 2.24) is 29.9 Å². The molecule has 7 rings (SSSR count). The minimum absolute atomic E-state index is 0.0221. The highest BCUT2D eigenvalue weighted by Gasteiger charge is 2.28. The van der Waals surface area contributed by atoms with E-state index < -0.39 is 0 Å². The van der Waals surface area contributed by atoms with Gasteiger partial charge in [-0.15, -0.1) is 11.3 Å². The van der Waals surface area contributed by atoms with E-state index in [2.05, 4.69) is 67.6 Å². The van der Waals surface area contributed by atoms with E-state index in [9.17, 15) is 14.4 Å². The lowest BCUT2D eigenvalue weighted by Crippen LogP contribution is -2.48. The molecule has 15 heteroatoms. The van der Waals surface area contributed by atoms with Gasteiger partial charge in [0.15, 0.2) is 0 Å². The normalized spacial score (nSPS) is 15.2. The van der Waals surface area contributed by atoms with Gasteiger partial charge in [0.2, 0.25) is 5.91 Å². The number of nitrogens with zero attached hydrogens (tertiary/aromatic N) is 5. The molecule has 2 saturated heterocycles. The van der Waals surface area contributed by atoms with Crippen LogP contribution < -0.4 is 15.4 Å². The monoisotopic (exact) mass is 941 g/mol. The molecule has 3 amide bonds. The smallest absolute Gasteiger partial charge is 0.322 e. The number of halogens is 2. The maximum Gasteiger partial charge on any atom is 0.322 e. The minimum atomic E-state index is -0.270. The van der Waals surface area contributed by atoms with Crippen LogP contribution in [0.15, 0.2) is 84.2 Å². The highest BCUT2D eigenvalue weighted by molar-refractivity contribution is 7.13. The number of ether oxygens (including phenoxy) is 2. The molecule has 0 radical (unpaired) electrons. The summed E-state index contributed by atoms with van der Waals surface area (Å²) in [6.45, 7) is 14.0. The average molecular weight is 943 g/mol. The molecule has 0 spiro atoms. The van der Waals surface area contributed by atoms with Crippen LogP contribution in [0, 0.1) is 0 Å². The van der Waals surface area contributed by atoms with Gasteiger partial charge in [0.25, 0.3) is 0 Å². The van der Waals surface area contributed by atoms with Crippen molar-refractivity contribution in [3.63, 3.8) is 0 Å². The molecule has 2 aliphatic heterocycles. The summed E-state index contributed by atoms with van der Waals surface area (Å²) in [6.07, 6.45) is 4.76. The number of esters is 1. The Hall–Kier alpha value is -4.76. The van der Waals surface area contributed by atoms with Gasteiger partial charge in [0.1, 0.15) is 17.4 Å². The van der Waals surface area contributed by atoms with E-state index in [0.717, 1.165) is 103 Å². The molecular weight excluding hydrogens is 882 g/mol. The Morgan fingerprint density at radius 2 is 1.58 bits per heavy atom. The van der Waals surface area contributed by atoms with Crippen LogP contribution in [0.4, 0.5) is 10.5 Å². The van der Waals surface area contributed by atoms with Crippen molar-refractivity contribution in [2.24, 2.45) is 0 Å². The van der Waals surface area contributed by atoms with Gasteiger partial charge < -0.3 is 34.8 Å². The molecule has 65 heavy (non-hydrogen) atoms. The number of urea groups is 1. The average Bonchev–Trinajstić information content (AvgIpc) is 3.79. The van der Waals surface area contributed by atoms with Crippen LogP contribution in [0.3, 0.4) is 0 Å². The summed E-state index contributed by atoms with van der Waals surface area (Å²) in [6, 6.07) is 25.6. The van der Waals surface area contributed by atoms with E-state index in [1.54, 1.807) is 25.1 Å².